The van der Waals surface area contributed by atoms with E-state index in [1.54, 1.807) is 10.6 Å². The van der Waals surface area contributed by atoms with E-state index in [-0.39, 0.29) is 42.4 Å². The molecule has 2 aliphatic rings. The molecule has 3 aromatic rings. The summed E-state index contributed by atoms with van der Waals surface area (Å²) in [5.74, 6) is 0.489. The Hall–Kier alpha value is -1.58. The van der Waals surface area contributed by atoms with Gasteiger partial charge in [0.2, 0.25) is 0 Å². The molecular weight excluding hydrogens is 422 g/mol. The number of aromatic nitrogens is 3. The van der Waals surface area contributed by atoms with Gasteiger partial charge in [-0.3, -0.25) is 9.36 Å². The minimum atomic E-state index is -0.641. The first-order chi connectivity index (χ1) is 15.0. The van der Waals surface area contributed by atoms with Crippen molar-refractivity contribution in [2.75, 3.05) is 19.6 Å². The van der Waals surface area contributed by atoms with E-state index in [2.05, 4.69) is 15.0 Å². The zero-order chi connectivity index (χ0) is 21.5. The number of halogens is 1. The van der Waals surface area contributed by atoms with E-state index in [1.165, 1.54) is 12.1 Å². The molecule has 1 atom stereocenters. The number of likely N-dealkylation sites (tertiary alicyclic amines) is 1. The molecule has 0 radical (unpaired) electrons. The van der Waals surface area contributed by atoms with E-state index in [0.29, 0.717) is 36.7 Å². The summed E-state index contributed by atoms with van der Waals surface area (Å²) < 4.78 is 20.4. The van der Waals surface area contributed by atoms with Crippen molar-refractivity contribution < 1.29 is 45.0 Å². The van der Waals surface area contributed by atoms with Gasteiger partial charge >= 0.3 is 29.6 Å². The van der Waals surface area contributed by atoms with Gasteiger partial charge < -0.3 is 16.0 Å². The predicted octanol–water partition coefficient (Wildman–Crippen LogP) is 0.198. The van der Waals surface area contributed by atoms with Gasteiger partial charge in [-0.05, 0) is 64.3 Å². The van der Waals surface area contributed by atoms with Gasteiger partial charge in [-0.1, -0.05) is 5.16 Å². The number of benzene rings is 1. The van der Waals surface area contributed by atoms with Crippen molar-refractivity contribution in [1.29, 1.82) is 0 Å². The van der Waals surface area contributed by atoms with Crippen LogP contribution in [-0.4, -0.2) is 44.3 Å². The SMILES string of the molecule is Cc1nc2n(c(=O)c1CCN1CCC(c3noc4cc(F)ccc34)CC1)CCC[C@H]2O.[H-].[Na+]. The van der Waals surface area contributed by atoms with E-state index < -0.39 is 6.10 Å². The summed E-state index contributed by atoms with van der Waals surface area (Å²) in [4.78, 5) is 19.9. The van der Waals surface area contributed by atoms with Crippen molar-refractivity contribution >= 4 is 11.0 Å². The Morgan fingerprint density at radius 3 is 2.81 bits per heavy atom. The number of aliphatic hydroxyl groups is 1. The van der Waals surface area contributed by atoms with Crippen LogP contribution in [-0.2, 0) is 13.0 Å². The second-order valence-electron chi connectivity index (χ2n) is 8.72. The number of piperidine rings is 1. The second-order valence-corrected chi connectivity index (χ2v) is 8.72. The fourth-order valence-corrected chi connectivity index (χ4v) is 4.98. The fraction of sp³-hybridized carbons (Fsp3) is 0.522. The van der Waals surface area contributed by atoms with Crippen LogP contribution in [0, 0.1) is 12.7 Å². The first kappa shape index (κ1) is 23.6. The van der Waals surface area contributed by atoms with Crippen molar-refractivity contribution in [2.45, 2.75) is 57.6 Å². The van der Waals surface area contributed by atoms with Crippen LogP contribution < -0.4 is 35.1 Å². The maximum absolute atomic E-state index is 13.4. The molecule has 0 aliphatic carbocycles. The van der Waals surface area contributed by atoms with Crippen LogP contribution in [0.5, 0.6) is 0 Å². The molecule has 0 spiro atoms. The Labute approximate surface area is 209 Å². The Bertz CT molecular complexity index is 1180. The molecule has 0 bridgehead atoms. The third kappa shape index (κ3) is 4.43. The van der Waals surface area contributed by atoms with Gasteiger partial charge in [-0.25, -0.2) is 9.37 Å². The molecule has 1 aromatic carbocycles. The monoisotopic (exact) mass is 450 g/mol. The zero-order valence-corrected chi connectivity index (χ0v) is 20.7. The molecule has 4 heterocycles. The molecule has 2 aromatic heterocycles. The Kier molecular flexibility index (Phi) is 7.17. The Morgan fingerprint density at radius 1 is 1.25 bits per heavy atom. The summed E-state index contributed by atoms with van der Waals surface area (Å²) in [7, 11) is 0. The van der Waals surface area contributed by atoms with Crippen molar-refractivity contribution in [1.82, 2.24) is 19.6 Å². The molecule has 7 nitrogen and oxygen atoms in total. The maximum Gasteiger partial charge on any atom is 1.00 e. The van der Waals surface area contributed by atoms with Crippen LogP contribution >= 0.6 is 0 Å². The molecule has 32 heavy (non-hydrogen) atoms. The summed E-state index contributed by atoms with van der Waals surface area (Å²) in [6, 6.07) is 4.58. The summed E-state index contributed by atoms with van der Waals surface area (Å²) in [6.45, 7) is 5.13. The van der Waals surface area contributed by atoms with Gasteiger partial charge in [-0.2, -0.15) is 0 Å². The Morgan fingerprint density at radius 2 is 2.03 bits per heavy atom. The standard InChI is InChI=1S/C23H27FN4O3.Na.H/c1-14-17(23(30)28-9-2-3-19(29)22(28)25-14)8-12-27-10-6-15(7-11-27)21-18-5-4-16(24)13-20(18)31-26-21;;/h4-5,13,15,19,29H,2-3,6-12H2,1H3;;/q;+1;-1/t19-;;/m1../s1. The minimum Gasteiger partial charge on any atom is -1.00 e. The first-order valence-electron chi connectivity index (χ1n) is 11.1. The van der Waals surface area contributed by atoms with Crippen LogP contribution in [0.2, 0.25) is 0 Å². The molecule has 5 rings (SSSR count). The number of nitrogens with zero attached hydrogens (tertiary/aromatic N) is 4. The largest absolute Gasteiger partial charge is 1.00 e. The number of hydrogen-bond donors (Lipinski definition) is 1. The molecule has 0 saturated carbocycles. The number of aliphatic hydroxyl groups excluding tert-OH is 1. The van der Waals surface area contributed by atoms with E-state index in [1.807, 2.05) is 6.92 Å². The third-order valence-electron chi connectivity index (χ3n) is 6.77. The van der Waals surface area contributed by atoms with Crippen molar-refractivity contribution in [3.8, 4) is 0 Å². The van der Waals surface area contributed by atoms with E-state index >= 15 is 0 Å². The van der Waals surface area contributed by atoms with Crippen molar-refractivity contribution in [3.63, 3.8) is 0 Å². The van der Waals surface area contributed by atoms with Crippen LogP contribution in [0.3, 0.4) is 0 Å². The van der Waals surface area contributed by atoms with Gasteiger partial charge in [0.25, 0.3) is 5.56 Å². The molecule has 0 amide bonds. The predicted molar refractivity (Wildman–Crippen MR) is 115 cm³/mol. The molecule has 1 fully saturated rings. The summed E-state index contributed by atoms with van der Waals surface area (Å²) in [5, 5.41) is 15.3. The molecule has 0 unspecified atom stereocenters. The molecular formula is C23H28FN4NaO3. The van der Waals surface area contributed by atoms with Gasteiger partial charge in [-0.15, -0.1) is 0 Å². The zero-order valence-electron chi connectivity index (χ0n) is 19.7. The van der Waals surface area contributed by atoms with Gasteiger partial charge in [0.15, 0.2) is 5.58 Å². The van der Waals surface area contributed by atoms with Crippen molar-refractivity contribution in [3.05, 3.63) is 57.1 Å². The molecule has 2 aliphatic heterocycles. The van der Waals surface area contributed by atoms with Crippen molar-refractivity contribution in [2.24, 2.45) is 0 Å². The van der Waals surface area contributed by atoms with E-state index in [4.69, 9.17) is 4.52 Å². The molecule has 1 N–H and O–H groups in total. The fourth-order valence-electron chi connectivity index (χ4n) is 4.98. The van der Waals surface area contributed by atoms with Crippen LogP contribution in [0.4, 0.5) is 4.39 Å². The van der Waals surface area contributed by atoms with Gasteiger partial charge in [0.05, 0.1) is 5.69 Å². The van der Waals surface area contributed by atoms with Gasteiger partial charge in [0, 0.05) is 41.7 Å². The summed E-state index contributed by atoms with van der Waals surface area (Å²) in [5.41, 5.74) is 2.90. The average molecular weight is 450 g/mol. The number of hydrogen-bond acceptors (Lipinski definition) is 6. The molecule has 1 saturated heterocycles. The number of fused-ring (bicyclic) bond motifs is 2. The van der Waals surface area contributed by atoms with Gasteiger partial charge in [0.1, 0.15) is 17.7 Å². The van der Waals surface area contributed by atoms with Crippen LogP contribution in [0.1, 0.15) is 61.9 Å². The topological polar surface area (TPSA) is 84.4 Å². The van der Waals surface area contributed by atoms with Crippen LogP contribution in [0.25, 0.3) is 11.0 Å². The normalized spacial score (nSPS) is 19.7. The maximum atomic E-state index is 13.4. The smallest absolute Gasteiger partial charge is 1.00 e. The quantitative estimate of drug-likeness (QED) is 0.572. The van der Waals surface area contributed by atoms with Crippen LogP contribution in [0.15, 0.2) is 27.5 Å². The number of aryl methyl sites for hydroxylation is 1. The van der Waals surface area contributed by atoms with E-state index in [9.17, 15) is 14.3 Å². The third-order valence-corrected chi connectivity index (χ3v) is 6.77. The van der Waals surface area contributed by atoms with E-state index in [0.717, 1.165) is 61.2 Å². The summed E-state index contributed by atoms with van der Waals surface area (Å²) in [6.07, 6.45) is 3.38. The molecule has 9 heteroatoms. The first-order valence-corrected chi connectivity index (χ1v) is 11.1. The second kappa shape index (κ2) is 9.73. The number of rotatable bonds is 4. The molecule has 166 valence electrons. The minimum absolute atomic E-state index is 0. The Balaban J connectivity index is 0.00000153. The summed E-state index contributed by atoms with van der Waals surface area (Å²) >= 11 is 0. The average Bonchev–Trinajstić information content (AvgIpc) is 3.18.